The maximum atomic E-state index is 6.00. The van der Waals surface area contributed by atoms with Crippen LogP contribution in [0.15, 0.2) is 52.3 Å². The van der Waals surface area contributed by atoms with Crippen molar-refractivity contribution < 1.29 is 9.47 Å². The van der Waals surface area contributed by atoms with Crippen molar-refractivity contribution in [3.8, 4) is 5.75 Å². The molecule has 3 rings (SSSR count). The van der Waals surface area contributed by atoms with Crippen molar-refractivity contribution in [1.29, 1.82) is 0 Å². The molecule has 1 aliphatic rings. The number of nitrogens with two attached hydrogens (primary N) is 2. The van der Waals surface area contributed by atoms with Gasteiger partial charge in [0.05, 0.1) is 35.6 Å². The Hall–Kier alpha value is -1.89. The summed E-state index contributed by atoms with van der Waals surface area (Å²) < 4.78 is 11.7. The SMILES string of the molecule is Nc1ccc(Sc2ccccc2OCCCC2CNCCO2)cc1N. The zero-order chi connectivity index (χ0) is 17.5. The topological polar surface area (TPSA) is 82.5 Å². The molecule has 25 heavy (non-hydrogen) atoms. The molecule has 0 aromatic heterocycles. The van der Waals surface area contributed by atoms with Gasteiger partial charge in [-0.2, -0.15) is 0 Å². The predicted octanol–water partition coefficient (Wildman–Crippen LogP) is 3.15. The summed E-state index contributed by atoms with van der Waals surface area (Å²) in [6.45, 7) is 3.37. The van der Waals surface area contributed by atoms with Gasteiger partial charge >= 0.3 is 0 Å². The molecule has 0 radical (unpaired) electrons. The molecule has 0 saturated carbocycles. The number of nitrogens with one attached hydrogen (secondary N) is 1. The number of hydrogen-bond acceptors (Lipinski definition) is 6. The zero-order valence-electron chi connectivity index (χ0n) is 14.2. The summed E-state index contributed by atoms with van der Waals surface area (Å²) in [6, 6.07) is 13.8. The fourth-order valence-electron chi connectivity index (χ4n) is 2.70. The van der Waals surface area contributed by atoms with E-state index in [0.717, 1.165) is 48.1 Å². The molecule has 134 valence electrons. The molecule has 0 amide bonds. The summed E-state index contributed by atoms with van der Waals surface area (Å²) in [6.07, 6.45) is 2.29. The fraction of sp³-hybridized carbons (Fsp3) is 0.368. The van der Waals surface area contributed by atoms with E-state index in [-0.39, 0.29) is 0 Å². The van der Waals surface area contributed by atoms with Gasteiger partial charge in [0.15, 0.2) is 0 Å². The average Bonchev–Trinajstić information content (AvgIpc) is 2.64. The van der Waals surface area contributed by atoms with Gasteiger partial charge < -0.3 is 26.3 Å². The minimum Gasteiger partial charge on any atom is -0.492 e. The molecule has 1 aliphatic heterocycles. The number of anilines is 2. The third kappa shape index (κ3) is 5.29. The van der Waals surface area contributed by atoms with E-state index in [1.165, 1.54) is 0 Å². The van der Waals surface area contributed by atoms with E-state index in [1.54, 1.807) is 11.8 Å². The van der Waals surface area contributed by atoms with Crippen LogP contribution in [0.25, 0.3) is 0 Å². The van der Waals surface area contributed by atoms with E-state index >= 15 is 0 Å². The molecule has 1 heterocycles. The van der Waals surface area contributed by atoms with E-state index in [2.05, 4.69) is 11.4 Å². The van der Waals surface area contributed by atoms with Crippen LogP contribution in [0.5, 0.6) is 5.75 Å². The molecular weight excluding hydrogens is 334 g/mol. The van der Waals surface area contributed by atoms with Crippen LogP contribution in [0.4, 0.5) is 11.4 Å². The van der Waals surface area contributed by atoms with Crippen LogP contribution in [0.1, 0.15) is 12.8 Å². The predicted molar refractivity (Wildman–Crippen MR) is 103 cm³/mol. The molecule has 2 aromatic rings. The van der Waals surface area contributed by atoms with Gasteiger partial charge in [-0.15, -0.1) is 0 Å². The molecule has 1 atom stereocenters. The number of hydrogen-bond donors (Lipinski definition) is 3. The van der Waals surface area contributed by atoms with Gasteiger partial charge in [0.1, 0.15) is 5.75 Å². The lowest BCUT2D eigenvalue weighted by molar-refractivity contribution is 0.0203. The number of morpholine rings is 1. The van der Waals surface area contributed by atoms with Crippen molar-refractivity contribution in [3.05, 3.63) is 42.5 Å². The first-order chi connectivity index (χ1) is 12.2. The first-order valence-corrected chi connectivity index (χ1v) is 9.41. The molecule has 0 aliphatic carbocycles. The number of para-hydroxylation sites is 1. The molecule has 6 heteroatoms. The van der Waals surface area contributed by atoms with Gasteiger partial charge in [-0.05, 0) is 43.2 Å². The minimum atomic E-state index is 0.305. The van der Waals surface area contributed by atoms with Gasteiger partial charge in [0.25, 0.3) is 0 Å². The largest absolute Gasteiger partial charge is 0.492 e. The monoisotopic (exact) mass is 359 g/mol. The quantitative estimate of drug-likeness (QED) is 0.520. The molecular formula is C19H25N3O2S. The molecule has 1 fully saturated rings. The molecule has 5 N–H and O–H groups in total. The van der Waals surface area contributed by atoms with E-state index in [4.69, 9.17) is 20.9 Å². The van der Waals surface area contributed by atoms with Crippen LogP contribution in [-0.2, 0) is 4.74 Å². The summed E-state index contributed by atoms with van der Waals surface area (Å²) in [5.41, 5.74) is 12.9. The maximum absolute atomic E-state index is 6.00. The van der Waals surface area contributed by atoms with Gasteiger partial charge in [-0.3, -0.25) is 0 Å². The Morgan fingerprint density at radius 2 is 2.04 bits per heavy atom. The standard InChI is InChI=1S/C19H25N3O2S/c20-16-8-7-15(12-17(16)21)25-19-6-2-1-5-18(19)24-10-3-4-14-13-22-9-11-23-14/h1-2,5-8,12,14,22H,3-4,9-11,13,20-21H2. The fourth-order valence-corrected chi connectivity index (χ4v) is 3.65. The summed E-state index contributed by atoms with van der Waals surface area (Å²) >= 11 is 1.63. The van der Waals surface area contributed by atoms with Crippen molar-refractivity contribution in [2.75, 3.05) is 37.8 Å². The highest BCUT2D eigenvalue weighted by Crippen LogP contribution is 2.36. The normalized spacial score (nSPS) is 17.4. The summed E-state index contributed by atoms with van der Waals surface area (Å²) in [5.74, 6) is 0.894. The Morgan fingerprint density at radius 1 is 1.16 bits per heavy atom. The molecule has 1 unspecified atom stereocenters. The van der Waals surface area contributed by atoms with E-state index in [1.807, 2.05) is 36.4 Å². The van der Waals surface area contributed by atoms with Gasteiger partial charge in [0.2, 0.25) is 0 Å². The lowest BCUT2D eigenvalue weighted by atomic mass is 10.2. The Bertz CT molecular complexity index is 690. The third-order valence-corrected chi connectivity index (χ3v) is 5.11. The molecule has 2 aromatic carbocycles. The molecule has 0 bridgehead atoms. The molecule has 0 spiro atoms. The van der Waals surface area contributed by atoms with Crippen LogP contribution in [-0.4, -0.2) is 32.4 Å². The highest BCUT2D eigenvalue weighted by atomic mass is 32.2. The van der Waals surface area contributed by atoms with Crippen LogP contribution in [0, 0.1) is 0 Å². The number of nitrogen functional groups attached to an aromatic ring is 2. The van der Waals surface area contributed by atoms with Crippen LogP contribution < -0.4 is 21.5 Å². The lowest BCUT2D eigenvalue weighted by Crippen LogP contribution is -2.38. The van der Waals surface area contributed by atoms with Gasteiger partial charge in [-0.1, -0.05) is 23.9 Å². The van der Waals surface area contributed by atoms with E-state index in [0.29, 0.717) is 24.1 Å². The van der Waals surface area contributed by atoms with Crippen molar-refractivity contribution >= 4 is 23.1 Å². The second kappa shape index (κ2) is 8.99. The van der Waals surface area contributed by atoms with Crippen molar-refractivity contribution in [3.63, 3.8) is 0 Å². The van der Waals surface area contributed by atoms with Gasteiger partial charge in [-0.25, -0.2) is 0 Å². The lowest BCUT2D eigenvalue weighted by Gasteiger charge is -2.23. The Kier molecular flexibility index (Phi) is 6.44. The number of benzene rings is 2. The Balaban J connectivity index is 1.54. The zero-order valence-corrected chi connectivity index (χ0v) is 15.1. The van der Waals surface area contributed by atoms with Crippen LogP contribution in [0.3, 0.4) is 0 Å². The highest BCUT2D eigenvalue weighted by Gasteiger charge is 2.13. The minimum absolute atomic E-state index is 0.305. The maximum Gasteiger partial charge on any atom is 0.133 e. The number of rotatable bonds is 7. The Labute approximate surface area is 153 Å². The second-order valence-electron chi connectivity index (χ2n) is 6.03. The summed E-state index contributed by atoms with van der Waals surface area (Å²) in [7, 11) is 0. The summed E-state index contributed by atoms with van der Waals surface area (Å²) in [4.78, 5) is 2.12. The molecule has 5 nitrogen and oxygen atoms in total. The average molecular weight is 359 g/mol. The highest BCUT2D eigenvalue weighted by molar-refractivity contribution is 7.99. The second-order valence-corrected chi connectivity index (χ2v) is 7.14. The first-order valence-electron chi connectivity index (χ1n) is 8.59. The first kappa shape index (κ1) is 17.9. The van der Waals surface area contributed by atoms with Gasteiger partial charge in [0, 0.05) is 18.0 Å². The Morgan fingerprint density at radius 3 is 2.84 bits per heavy atom. The van der Waals surface area contributed by atoms with Crippen molar-refractivity contribution in [1.82, 2.24) is 5.32 Å². The molecule has 1 saturated heterocycles. The van der Waals surface area contributed by atoms with E-state index in [9.17, 15) is 0 Å². The number of ether oxygens (including phenoxy) is 2. The van der Waals surface area contributed by atoms with Crippen LogP contribution in [0.2, 0.25) is 0 Å². The van der Waals surface area contributed by atoms with Crippen LogP contribution >= 0.6 is 11.8 Å². The van der Waals surface area contributed by atoms with Crippen molar-refractivity contribution in [2.24, 2.45) is 0 Å². The third-order valence-electron chi connectivity index (χ3n) is 4.07. The van der Waals surface area contributed by atoms with E-state index < -0.39 is 0 Å². The van der Waals surface area contributed by atoms with Crippen molar-refractivity contribution in [2.45, 2.75) is 28.7 Å². The smallest absolute Gasteiger partial charge is 0.133 e. The summed E-state index contributed by atoms with van der Waals surface area (Å²) in [5, 5.41) is 3.35.